The second-order valence-electron chi connectivity index (χ2n) is 8.17. The highest BCUT2D eigenvalue weighted by atomic mass is 32.2. The SMILES string of the molecule is CN(C(F)(F)C1(COCCO)C=CC(c2ccccc2)=CC1)S(=O)(=O)C(F)(F)C(F)(F)C(F)(F)C(F)(F)F. The lowest BCUT2D eigenvalue weighted by atomic mass is 9.77. The summed E-state index contributed by atoms with van der Waals surface area (Å²) in [6, 6.07) is 2.70. The Balaban J connectivity index is 2.57. The highest BCUT2D eigenvalue weighted by Gasteiger charge is 2.86. The zero-order valence-corrected chi connectivity index (χ0v) is 19.9. The summed E-state index contributed by atoms with van der Waals surface area (Å²) in [5.74, 6) is -15.3. The van der Waals surface area contributed by atoms with E-state index in [1.54, 1.807) is 30.3 Å². The van der Waals surface area contributed by atoms with Crippen LogP contribution in [0.3, 0.4) is 0 Å². The molecule has 0 radical (unpaired) electrons. The number of allylic oxidation sites excluding steroid dienone is 3. The number of halogens is 11. The monoisotopic (exact) mass is 591 g/mol. The molecular formula is C21H20F11NO4S. The van der Waals surface area contributed by atoms with Crippen molar-refractivity contribution < 1.29 is 66.6 Å². The standard InChI is InChI=1S/C21H20F11NO4S/c1-33(38(35,36)21(31,32)18(24,25)17(22,23)19(26,27)28)20(29,30)16(13-37-12-11-34)9-7-15(8-10-16)14-5-3-2-4-6-14/h2-9,34H,10-13H2,1H3. The van der Waals surface area contributed by atoms with Gasteiger partial charge in [0.2, 0.25) is 0 Å². The number of nitrogens with zero attached hydrogens (tertiary/aromatic N) is 1. The number of hydrogen-bond acceptors (Lipinski definition) is 4. The molecule has 0 aliphatic heterocycles. The highest BCUT2D eigenvalue weighted by molar-refractivity contribution is 7.90. The van der Waals surface area contributed by atoms with E-state index in [9.17, 15) is 47.9 Å². The van der Waals surface area contributed by atoms with Gasteiger partial charge in [-0.1, -0.05) is 48.6 Å². The molecule has 1 aliphatic rings. The van der Waals surface area contributed by atoms with Gasteiger partial charge in [0, 0.05) is 7.05 Å². The smallest absolute Gasteiger partial charge is 0.394 e. The predicted molar refractivity (Wildman–Crippen MR) is 111 cm³/mol. The molecule has 0 fully saturated rings. The van der Waals surface area contributed by atoms with Crippen LogP contribution >= 0.6 is 0 Å². The Labute approximate surface area is 209 Å². The molecule has 0 bridgehead atoms. The summed E-state index contributed by atoms with van der Waals surface area (Å²) >= 11 is 0. The minimum Gasteiger partial charge on any atom is -0.394 e. The molecule has 38 heavy (non-hydrogen) atoms. The van der Waals surface area contributed by atoms with Crippen molar-refractivity contribution in [1.29, 1.82) is 0 Å². The summed E-state index contributed by atoms with van der Waals surface area (Å²) in [7, 11) is -7.99. The van der Waals surface area contributed by atoms with Crippen LogP contribution in [-0.2, 0) is 14.8 Å². The van der Waals surface area contributed by atoms with Crippen molar-refractivity contribution in [3.05, 3.63) is 54.1 Å². The zero-order chi connectivity index (χ0) is 29.4. The first kappa shape index (κ1) is 32.0. The molecule has 0 saturated carbocycles. The van der Waals surface area contributed by atoms with Crippen LogP contribution in [0.5, 0.6) is 0 Å². The third-order valence-electron chi connectivity index (χ3n) is 5.77. The van der Waals surface area contributed by atoms with Gasteiger partial charge < -0.3 is 9.84 Å². The average Bonchev–Trinajstić information content (AvgIpc) is 2.83. The van der Waals surface area contributed by atoms with Gasteiger partial charge in [-0.3, -0.25) is 0 Å². The van der Waals surface area contributed by atoms with E-state index < -0.39 is 75.3 Å². The molecule has 2 rings (SSSR count). The van der Waals surface area contributed by atoms with E-state index in [1.165, 1.54) is 0 Å². The van der Waals surface area contributed by atoms with Gasteiger partial charge in [-0.15, -0.1) is 4.31 Å². The van der Waals surface area contributed by atoms with Crippen LogP contribution < -0.4 is 0 Å². The molecule has 0 saturated heterocycles. The van der Waals surface area contributed by atoms with E-state index in [2.05, 4.69) is 0 Å². The number of hydrogen-bond donors (Lipinski definition) is 1. The molecule has 5 nitrogen and oxygen atoms in total. The molecule has 0 aromatic heterocycles. The number of aliphatic hydroxyl groups is 1. The Morgan fingerprint density at radius 1 is 0.947 bits per heavy atom. The van der Waals surface area contributed by atoms with Crippen molar-refractivity contribution in [3.8, 4) is 0 Å². The number of aliphatic hydroxyl groups excluding tert-OH is 1. The van der Waals surface area contributed by atoms with Gasteiger partial charge in [0.1, 0.15) is 0 Å². The van der Waals surface area contributed by atoms with E-state index in [0.29, 0.717) is 11.6 Å². The van der Waals surface area contributed by atoms with E-state index in [-0.39, 0.29) is 12.6 Å². The number of sulfonamides is 1. The lowest BCUT2D eigenvalue weighted by Gasteiger charge is -2.44. The van der Waals surface area contributed by atoms with Crippen LogP contribution in [0.1, 0.15) is 12.0 Å². The van der Waals surface area contributed by atoms with Gasteiger partial charge in [0.05, 0.1) is 25.2 Å². The van der Waals surface area contributed by atoms with Gasteiger partial charge in [0.25, 0.3) is 10.0 Å². The molecular weight excluding hydrogens is 571 g/mol. The Morgan fingerprint density at radius 3 is 1.95 bits per heavy atom. The van der Waals surface area contributed by atoms with Gasteiger partial charge in [-0.05, 0) is 17.6 Å². The second-order valence-corrected chi connectivity index (χ2v) is 10.2. The second kappa shape index (κ2) is 10.4. The normalized spacial score (nSPS) is 20.1. The number of ether oxygens (including phenoxy) is 1. The molecule has 0 amide bonds. The highest BCUT2D eigenvalue weighted by Crippen LogP contribution is 2.57. The van der Waals surface area contributed by atoms with Crippen LogP contribution in [0.4, 0.5) is 48.3 Å². The first-order valence-corrected chi connectivity index (χ1v) is 11.8. The molecule has 1 aromatic carbocycles. The first-order chi connectivity index (χ1) is 17.1. The van der Waals surface area contributed by atoms with E-state index in [0.717, 1.165) is 12.2 Å². The zero-order valence-electron chi connectivity index (χ0n) is 19.1. The fourth-order valence-corrected chi connectivity index (χ4v) is 4.70. The van der Waals surface area contributed by atoms with Crippen LogP contribution in [0.25, 0.3) is 5.57 Å². The van der Waals surface area contributed by atoms with Gasteiger partial charge >= 0.3 is 29.3 Å². The Kier molecular flexibility index (Phi) is 8.74. The molecule has 17 heteroatoms. The molecule has 1 atom stereocenters. The fraction of sp³-hybridized carbons (Fsp3) is 0.524. The van der Waals surface area contributed by atoms with E-state index >= 15 is 8.78 Å². The Morgan fingerprint density at radius 2 is 1.50 bits per heavy atom. The van der Waals surface area contributed by atoms with Crippen molar-refractivity contribution in [1.82, 2.24) is 4.31 Å². The third kappa shape index (κ3) is 5.04. The van der Waals surface area contributed by atoms with E-state index in [4.69, 9.17) is 9.84 Å². The fourth-order valence-electron chi connectivity index (χ4n) is 3.42. The maximum atomic E-state index is 15.6. The first-order valence-electron chi connectivity index (χ1n) is 10.3. The topological polar surface area (TPSA) is 66.8 Å². The molecule has 1 unspecified atom stereocenters. The molecule has 1 aliphatic carbocycles. The maximum absolute atomic E-state index is 15.6. The number of rotatable bonds is 11. The van der Waals surface area contributed by atoms with Crippen LogP contribution in [0, 0.1) is 5.41 Å². The summed E-state index contributed by atoms with van der Waals surface area (Å²) in [5, 5.41) is 1.50. The van der Waals surface area contributed by atoms with Crippen molar-refractivity contribution in [2.75, 3.05) is 26.9 Å². The summed E-state index contributed by atoms with van der Waals surface area (Å²) in [6.45, 7) is -2.57. The molecule has 1 aromatic rings. The summed E-state index contributed by atoms with van der Waals surface area (Å²) < 4.78 is 179. The lowest BCUT2D eigenvalue weighted by molar-refractivity contribution is -0.382. The molecule has 1 N–H and O–H groups in total. The van der Waals surface area contributed by atoms with Crippen molar-refractivity contribution >= 4 is 15.6 Å². The minimum absolute atomic E-state index is 0.284. The van der Waals surface area contributed by atoms with Crippen molar-refractivity contribution in [2.24, 2.45) is 5.41 Å². The van der Waals surface area contributed by atoms with Crippen LogP contribution in [0.15, 0.2) is 48.6 Å². The molecule has 0 heterocycles. The van der Waals surface area contributed by atoms with Crippen LogP contribution in [-0.4, -0.2) is 74.0 Å². The van der Waals surface area contributed by atoms with Gasteiger partial charge in [0.15, 0.2) is 0 Å². The number of benzene rings is 1. The quantitative estimate of drug-likeness (QED) is 0.216. The minimum atomic E-state index is -7.69. The lowest BCUT2D eigenvalue weighted by Crippen LogP contribution is -2.67. The van der Waals surface area contributed by atoms with E-state index in [1.807, 2.05) is 0 Å². The largest absolute Gasteiger partial charge is 0.460 e. The summed E-state index contributed by atoms with van der Waals surface area (Å²) in [6.07, 6.45) is -5.55. The Bertz CT molecular complexity index is 1150. The summed E-state index contributed by atoms with van der Waals surface area (Å²) in [5.41, 5.74) is -2.19. The van der Waals surface area contributed by atoms with Crippen molar-refractivity contribution in [2.45, 2.75) is 35.7 Å². The van der Waals surface area contributed by atoms with Crippen LogP contribution in [0.2, 0.25) is 0 Å². The third-order valence-corrected chi connectivity index (χ3v) is 7.62. The van der Waals surface area contributed by atoms with Crippen molar-refractivity contribution in [3.63, 3.8) is 0 Å². The predicted octanol–water partition coefficient (Wildman–Crippen LogP) is 5.31. The Hall–Kier alpha value is -2.24. The average molecular weight is 591 g/mol. The molecule has 0 spiro atoms. The number of alkyl halides is 11. The maximum Gasteiger partial charge on any atom is 0.460 e. The van der Waals surface area contributed by atoms with Gasteiger partial charge in [-0.25, -0.2) is 8.42 Å². The molecule has 216 valence electrons. The van der Waals surface area contributed by atoms with Gasteiger partial charge in [-0.2, -0.15) is 48.3 Å². The summed E-state index contributed by atoms with van der Waals surface area (Å²) in [4.78, 5) is 0.